The highest BCUT2D eigenvalue weighted by molar-refractivity contribution is 7.92. The number of nitrogens with one attached hydrogen (secondary N) is 2. The number of sulfonamides is 1. The largest absolute Gasteiger partial charge is 0.352 e. The maximum absolute atomic E-state index is 13.5. The number of rotatable bonds is 7. The second-order valence-corrected chi connectivity index (χ2v) is 8.86. The number of benzene rings is 2. The van der Waals surface area contributed by atoms with E-state index < -0.39 is 15.8 Å². The van der Waals surface area contributed by atoms with E-state index in [1.807, 2.05) is 0 Å². The lowest BCUT2D eigenvalue weighted by atomic mass is 9.97. The van der Waals surface area contributed by atoms with Crippen molar-refractivity contribution in [3.63, 3.8) is 0 Å². The molecule has 0 aromatic heterocycles. The van der Waals surface area contributed by atoms with Gasteiger partial charge in [0.15, 0.2) is 0 Å². The van der Waals surface area contributed by atoms with Gasteiger partial charge in [-0.2, -0.15) is 0 Å². The van der Waals surface area contributed by atoms with Gasteiger partial charge in [0.1, 0.15) is 5.82 Å². The highest BCUT2D eigenvalue weighted by Crippen LogP contribution is 2.22. The molecule has 1 amide bonds. The fourth-order valence-corrected chi connectivity index (χ4v) is 4.67. The minimum absolute atomic E-state index is 0.131. The topological polar surface area (TPSA) is 75.3 Å². The van der Waals surface area contributed by atoms with E-state index in [-0.39, 0.29) is 16.5 Å². The number of anilines is 1. The Balaban J connectivity index is 1.66. The first kappa shape index (κ1) is 21.0. The van der Waals surface area contributed by atoms with Crippen molar-refractivity contribution >= 4 is 21.6 Å². The van der Waals surface area contributed by atoms with E-state index in [0.29, 0.717) is 17.7 Å². The summed E-state index contributed by atoms with van der Waals surface area (Å²) in [5, 5.41) is 2.88. The van der Waals surface area contributed by atoms with Gasteiger partial charge in [0.05, 0.1) is 4.90 Å². The number of hydrogen-bond donors (Lipinski definition) is 2. The molecule has 0 heterocycles. The molecule has 1 aliphatic rings. The molecule has 2 N–H and O–H groups in total. The molecule has 0 atom stereocenters. The van der Waals surface area contributed by atoms with Crippen LogP contribution in [0.5, 0.6) is 0 Å². The van der Waals surface area contributed by atoms with E-state index >= 15 is 0 Å². The smallest absolute Gasteiger partial charge is 0.262 e. The van der Waals surface area contributed by atoms with E-state index in [0.717, 1.165) is 25.3 Å². The molecule has 0 spiro atoms. The van der Waals surface area contributed by atoms with Gasteiger partial charge in [-0.15, -0.1) is 0 Å². The third kappa shape index (κ3) is 5.67. The van der Waals surface area contributed by atoms with Crippen molar-refractivity contribution in [2.24, 2.45) is 0 Å². The predicted octanol–water partition coefficient (Wildman–Crippen LogP) is 4.56. The lowest BCUT2D eigenvalue weighted by Crippen LogP contribution is -2.25. The molecule has 2 aromatic rings. The van der Waals surface area contributed by atoms with Crippen LogP contribution >= 0.6 is 0 Å². The van der Waals surface area contributed by atoms with E-state index in [2.05, 4.69) is 16.1 Å². The molecule has 0 radical (unpaired) electrons. The number of aryl methyl sites for hydroxylation is 1. The van der Waals surface area contributed by atoms with Gasteiger partial charge >= 0.3 is 0 Å². The molecule has 1 aliphatic carbocycles. The van der Waals surface area contributed by atoms with Crippen LogP contribution in [-0.4, -0.2) is 20.9 Å². The molecule has 3 rings (SSSR count). The summed E-state index contributed by atoms with van der Waals surface area (Å²) in [5.74, 6) is -0.887. The molecule has 29 heavy (non-hydrogen) atoms. The fourth-order valence-electron chi connectivity index (χ4n) is 3.37. The summed E-state index contributed by atoms with van der Waals surface area (Å²) < 4.78 is 41.1. The molecule has 5 nitrogen and oxygen atoms in total. The molecule has 0 saturated heterocycles. The molecule has 0 aliphatic heterocycles. The first-order valence-corrected chi connectivity index (χ1v) is 11.2. The predicted molar refractivity (Wildman–Crippen MR) is 112 cm³/mol. The highest BCUT2D eigenvalue weighted by atomic mass is 32.2. The average molecular weight is 417 g/mol. The summed E-state index contributed by atoms with van der Waals surface area (Å²) in [5.41, 5.74) is 2.42. The molecular formula is C22H25FN2O3S. The monoisotopic (exact) mass is 416 g/mol. The van der Waals surface area contributed by atoms with Crippen LogP contribution < -0.4 is 10.0 Å². The van der Waals surface area contributed by atoms with Crippen molar-refractivity contribution in [1.82, 2.24) is 5.32 Å². The Morgan fingerprint density at radius 2 is 1.97 bits per heavy atom. The summed E-state index contributed by atoms with van der Waals surface area (Å²) >= 11 is 0. The number of carbonyl (C=O) groups is 1. The summed E-state index contributed by atoms with van der Waals surface area (Å²) in [6.45, 7) is 2.14. The van der Waals surface area contributed by atoms with E-state index in [4.69, 9.17) is 0 Å². The van der Waals surface area contributed by atoms with Crippen LogP contribution in [0.1, 0.15) is 48.0 Å². The number of halogens is 1. The van der Waals surface area contributed by atoms with Crippen LogP contribution in [0.2, 0.25) is 0 Å². The quantitative estimate of drug-likeness (QED) is 0.650. The number of hydrogen-bond acceptors (Lipinski definition) is 3. The summed E-state index contributed by atoms with van der Waals surface area (Å²) in [7, 11) is -3.97. The number of allylic oxidation sites excluding steroid dienone is 1. The average Bonchev–Trinajstić information content (AvgIpc) is 2.70. The zero-order valence-corrected chi connectivity index (χ0v) is 17.2. The summed E-state index contributed by atoms with van der Waals surface area (Å²) in [6.07, 6.45) is 7.71. The standard InChI is InChI=1S/C22H25FN2O3S/c1-16-10-11-19(23)15-21(16)29(27,28)25-20-9-5-8-18(14-20)22(26)24-13-12-17-6-3-2-4-7-17/h5-6,8-11,14-15,25H,2-4,7,12-13H2,1H3,(H,24,26). The zero-order valence-electron chi connectivity index (χ0n) is 16.4. The Kier molecular flexibility index (Phi) is 6.69. The molecule has 154 valence electrons. The first-order valence-electron chi connectivity index (χ1n) is 9.70. The van der Waals surface area contributed by atoms with Crippen molar-refractivity contribution in [3.05, 3.63) is 71.1 Å². The Morgan fingerprint density at radius 3 is 2.72 bits per heavy atom. The second-order valence-electron chi connectivity index (χ2n) is 7.21. The third-order valence-corrected chi connectivity index (χ3v) is 6.46. The van der Waals surface area contributed by atoms with Gasteiger partial charge in [0.2, 0.25) is 0 Å². The van der Waals surface area contributed by atoms with Crippen LogP contribution in [0.3, 0.4) is 0 Å². The van der Waals surface area contributed by atoms with Gasteiger partial charge in [-0.25, -0.2) is 12.8 Å². The SMILES string of the molecule is Cc1ccc(F)cc1S(=O)(=O)Nc1cccc(C(=O)NCCC2=CCCCC2)c1. The van der Waals surface area contributed by atoms with Crippen molar-refractivity contribution in [2.45, 2.75) is 43.9 Å². The maximum Gasteiger partial charge on any atom is 0.262 e. The zero-order chi connectivity index (χ0) is 20.9. The Bertz CT molecular complexity index is 1030. The Morgan fingerprint density at radius 1 is 1.14 bits per heavy atom. The van der Waals surface area contributed by atoms with E-state index in [1.54, 1.807) is 25.1 Å². The van der Waals surface area contributed by atoms with Gasteiger partial charge in [0, 0.05) is 17.8 Å². The van der Waals surface area contributed by atoms with Gasteiger partial charge in [0.25, 0.3) is 15.9 Å². The van der Waals surface area contributed by atoms with Gasteiger partial charge in [-0.1, -0.05) is 23.8 Å². The Hall–Kier alpha value is -2.67. The van der Waals surface area contributed by atoms with Crippen LogP contribution in [0.25, 0.3) is 0 Å². The molecule has 0 fully saturated rings. The van der Waals surface area contributed by atoms with E-state index in [9.17, 15) is 17.6 Å². The Labute approximate surface area is 171 Å². The normalized spacial score (nSPS) is 14.2. The van der Waals surface area contributed by atoms with Crippen molar-refractivity contribution in [2.75, 3.05) is 11.3 Å². The molecular weight excluding hydrogens is 391 g/mol. The summed E-state index contributed by atoms with van der Waals surface area (Å²) in [4.78, 5) is 12.3. The van der Waals surface area contributed by atoms with Crippen molar-refractivity contribution in [3.8, 4) is 0 Å². The van der Waals surface area contributed by atoms with Gasteiger partial charge in [-0.3, -0.25) is 9.52 Å². The van der Waals surface area contributed by atoms with Crippen molar-refractivity contribution < 1.29 is 17.6 Å². The second kappa shape index (κ2) is 9.22. The van der Waals surface area contributed by atoms with Crippen LogP contribution in [-0.2, 0) is 10.0 Å². The minimum atomic E-state index is -3.97. The van der Waals surface area contributed by atoms with Gasteiger partial charge < -0.3 is 5.32 Å². The van der Waals surface area contributed by atoms with Crippen LogP contribution in [0.4, 0.5) is 10.1 Å². The van der Waals surface area contributed by atoms with Crippen molar-refractivity contribution in [1.29, 1.82) is 0 Å². The lowest BCUT2D eigenvalue weighted by molar-refractivity contribution is 0.0954. The number of carbonyl (C=O) groups excluding carboxylic acids is 1. The lowest BCUT2D eigenvalue weighted by Gasteiger charge is -2.13. The molecule has 0 saturated carbocycles. The molecule has 0 unspecified atom stereocenters. The van der Waals surface area contributed by atoms with Gasteiger partial charge in [-0.05, 0) is 74.9 Å². The fraction of sp³-hybridized carbons (Fsp3) is 0.318. The third-order valence-electron chi connectivity index (χ3n) is 4.93. The highest BCUT2D eigenvalue weighted by Gasteiger charge is 2.18. The first-order chi connectivity index (χ1) is 13.8. The van der Waals surface area contributed by atoms with E-state index in [1.165, 1.54) is 36.6 Å². The van der Waals surface area contributed by atoms with Crippen LogP contribution in [0.15, 0.2) is 59.0 Å². The molecule has 2 aromatic carbocycles. The minimum Gasteiger partial charge on any atom is -0.352 e. The maximum atomic E-state index is 13.5. The summed E-state index contributed by atoms with van der Waals surface area (Å²) in [6, 6.07) is 9.86. The molecule has 0 bridgehead atoms. The van der Waals surface area contributed by atoms with Crippen LogP contribution in [0, 0.1) is 12.7 Å². The molecule has 7 heteroatoms. The number of amides is 1.